The highest BCUT2D eigenvalue weighted by molar-refractivity contribution is 5.48. The Hall–Kier alpha value is -1.02. The van der Waals surface area contributed by atoms with Crippen LogP contribution in [0.4, 0.5) is 0 Å². The van der Waals surface area contributed by atoms with E-state index in [2.05, 4.69) is 51.3 Å². The van der Waals surface area contributed by atoms with Crippen LogP contribution in [0.15, 0.2) is 18.2 Å². The molecular formula is C19H29NO. The molecule has 3 unspecified atom stereocenters. The molecule has 2 heteroatoms. The second-order valence-corrected chi connectivity index (χ2v) is 7.53. The molecule has 3 atom stereocenters. The van der Waals surface area contributed by atoms with Crippen molar-refractivity contribution in [1.82, 2.24) is 5.32 Å². The van der Waals surface area contributed by atoms with E-state index in [1.807, 2.05) is 0 Å². The number of rotatable bonds is 3. The molecule has 0 bridgehead atoms. The van der Waals surface area contributed by atoms with Gasteiger partial charge in [-0.05, 0) is 42.7 Å². The third kappa shape index (κ3) is 2.59. The van der Waals surface area contributed by atoms with E-state index in [0.29, 0.717) is 12.0 Å². The zero-order chi connectivity index (χ0) is 15.0. The van der Waals surface area contributed by atoms with Gasteiger partial charge in [-0.2, -0.15) is 0 Å². The minimum Gasteiger partial charge on any atom is -0.493 e. The lowest BCUT2D eigenvalue weighted by atomic mass is 9.63. The molecular weight excluding hydrogens is 258 g/mol. The second-order valence-electron chi connectivity index (χ2n) is 7.53. The summed E-state index contributed by atoms with van der Waals surface area (Å²) >= 11 is 0. The molecule has 21 heavy (non-hydrogen) atoms. The second kappa shape index (κ2) is 5.64. The normalized spacial score (nSPS) is 29.0. The largest absolute Gasteiger partial charge is 0.493 e. The molecule has 2 nitrogen and oxygen atoms in total. The lowest BCUT2D eigenvalue weighted by Gasteiger charge is -2.45. The summed E-state index contributed by atoms with van der Waals surface area (Å²) in [5.41, 5.74) is 2.96. The summed E-state index contributed by atoms with van der Waals surface area (Å²) in [6.07, 6.45) is 5.02. The molecule has 1 aliphatic carbocycles. The fraction of sp³-hybridized carbons (Fsp3) is 0.684. The molecule has 0 spiro atoms. The van der Waals surface area contributed by atoms with Gasteiger partial charge in [0, 0.05) is 18.0 Å². The molecule has 1 aliphatic heterocycles. The first kappa shape index (κ1) is 14.9. The van der Waals surface area contributed by atoms with Gasteiger partial charge in [-0.25, -0.2) is 0 Å². The van der Waals surface area contributed by atoms with Crippen molar-refractivity contribution < 1.29 is 4.74 Å². The highest BCUT2D eigenvalue weighted by atomic mass is 16.5. The molecule has 1 heterocycles. The predicted molar refractivity (Wildman–Crippen MR) is 88.0 cm³/mol. The fourth-order valence-corrected chi connectivity index (χ4v) is 4.49. The van der Waals surface area contributed by atoms with Crippen molar-refractivity contribution in [2.75, 3.05) is 13.7 Å². The summed E-state index contributed by atoms with van der Waals surface area (Å²) < 4.78 is 5.98. The predicted octanol–water partition coefficient (Wildman–Crippen LogP) is 3.92. The van der Waals surface area contributed by atoms with Crippen LogP contribution < -0.4 is 10.1 Å². The molecule has 1 aromatic carbocycles. The number of hydrogen-bond donors (Lipinski definition) is 1. The van der Waals surface area contributed by atoms with E-state index in [1.165, 1.54) is 36.1 Å². The maximum Gasteiger partial charge on any atom is 0.126 e. The van der Waals surface area contributed by atoms with Crippen molar-refractivity contribution in [3.63, 3.8) is 0 Å². The van der Waals surface area contributed by atoms with Crippen LogP contribution in [-0.2, 0) is 11.8 Å². The molecule has 1 aromatic rings. The summed E-state index contributed by atoms with van der Waals surface area (Å²) in [5, 5.41) is 3.59. The Bertz CT molecular complexity index is 508. The minimum absolute atomic E-state index is 0.156. The van der Waals surface area contributed by atoms with Gasteiger partial charge in [0.05, 0.1) is 6.61 Å². The van der Waals surface area contributed by atoms with Gasteiger partial charge in [0.25, 0.3) is 0 Å². The van der Waals surface area contributed by atoms with Crippen molar-refractivity contribution >= 4 is 0 Å². The van der Waals surface area contributed by atoms with Crippen LogP contribution in [0.5, 0.6) is 5.75 Å². The van der Waals surface area contributed by atoms with Gasteiger partial charge in [-0.1, -0.05) is 45.4 Å². The molecule has 3 rings (SSSR count). The number of para-hydroxylation sites is 1. The lowest BCUT2D eigenvalue weighted by Crippen LogP contribution is -2.47. The highest BCUT2D eigenvalue weighted by Crippen LogP contribution is 2.46. The summed E-state index contributed by atoms with van der Waals surface area (Å²) in [4.78, 5) is 0. The van der Waals surface area contributed by atoms with Crippen LogP contribution in [0, 0.1) is 11.8 Å². The van der Waals surface area contributed by atoms with Crippen LogP contribution in [0.2, 0.25) is 0 Å². The summed E-state index contributed by atoms with van der Waals surface area (Å²) in [6.45, 7) is 8.06. The van der Waals surface area contributed by atoms with Crippen molar-refractivity contribution in [3.05, 3.63) is 29.3 Å². The fourth-order valence-electron chi connectivity index (χ4n) is 4.49. The van der Waals surface area contributed by atoms with E-state index in [9.17, 15) is 0 Å². The van der Waals surface area contributed by atoms with Gasteiger partial charge in [0.15, 0.2) is 0 Å². The minimum atomic E-state index is 0.156. The molecule has 1 saturated carbocycles. The van der Waals surface area contributed by atoms with Crippen molar-refractivity contribution in [2.45, 2.75) is 57.9 Å². The average molecular weight is 287 g/mol. The standard InChI is InChI=1S/C19H29NO/c1-13-8-9-15(17(12-13)20-4)19(2,3)16-7-5-6-14-10-11-21-18(14)16/h5-7,13,15,17,20H,8-12H2,1-4H3. The Labute approximate surface area is 129 Å². The quantitative estimate of drug-likeness (QED) is 0.909. The summed E-state index contributed by atoms with van der Waals surface area (Å²) in [6, 6.07) is 7.33. The molecule has 2 aliphatic rings. The Kier molecular flexibility index (Phi) is 4.00. The van der Waals surface area contributed by atoms with E-state index in [4.69, 9.17) is 4.74 Å². The van der Waals surface area contributed by atoms with Crippen LogP contribution in [0.25, 0.3) is 0 Å². The number of nitrogens with one attached hydrogen (secondary N) is 1. The molecule has 1 N–H and O–H groups in total. The van der Waals surface area contributed by atoms with E-state index < -0.39 is 0 Å². The van der Waals surface area contributed by atoms with Crippen LogP contribution in [-0.4, -0.2) is 19.7 Å². The van der Waals surface area contributed by atoms with E-state index in [-0.39, 0.29) is 5.41 Å². The van der Waals surface area contributed by atoms with E-state index >= 15 is 0 Å². The first-order valence-electron chi connectivity index (χ1n) is 8.46. The average Bonchev–Trinajstić information content (AvgIpc) is 2.94. The zero-order valence-electron chi connectivity index (χ0n) is 13.9. The summed E-state index contributed by atoms with van der Waals surface area (Å²) in [5.74, 6) is 2.69. The number of ether oxygens (including phenoxy) is 1. The maximum atomic E-state index is 5.98. The molecule has 0 amide bonds. The lowest BCUT2D eigenvalue weighted by molar-refractivity contribution is 0.149. The monoisotopic (exact) mass is 287 g/mol. The first-order valence-corrected chi connectivity index (χ1v) is 8.46. The van der Waals surface area contributed by atoms with Crippen molar-refractivity contribution in [2.24, 2.45) is 11.8 Å². The number of fused-ring (bicyclic) bond motifs is 1. The number of benzene rings is 1. The van der Waals surface area contributed by atoms with Gasteiger partial charge < -0.3 is 10.1 Å². The van der Waals surface area contributed by atoms with E-state index in [0.717, 1.165) is 18.9 Å². The van der Waals surface area contributed by atoms with Gasteiger partial charge >= 0.3 is 0 Å². The van der Waals surface area contributed by atoms with Gasteiger partial charge in [0.1, 0.15) is 5.75 Å². The Morgan fingerprint density at radius 1 is 1.24 bits per heavy atom. The zero-order valence-corrected chi connectivity index (χ0v) is 13.9. The Morgan fingerprint density at radius 2 is 2.05 bits per heavy atom. The molecule has 0 saturated heterocycles. The third-order valence-corrected chi connectivity index (χ3v) is 5.82. The molecule has 0 aromatic heterocycles. The topological polar surface area (TPSA) is 21.3 Å². The maximum absolute atomic E-state index is 5.98. The van der Waals surface area contributed by atoms with Crippen LogP contribution in [0.3, 0.4) is 0 Å². The molecule has 116 valence electrons. The van der Waals surface area contributed by atoms with Gasteiger partial charge in [-0.15, -0.1) is 0 Å². The van der Waals surface area contributed by atoms with Crippen molar-refractivity contribution in [3.8, 4) is 5.75 Å². The van der Waals surface area contributed by atoms with Crippen LogP contribution >= 0.6 is 0 Å². The third-order valence-electron chi connectivity index (χ3n) is 5.82. The van der Waals surface area contributed by atoms with Gasteiger partial charge in [0.2, 0.25) is 0 Å². The summed E-state index contributed by atoms with van der Waals surface area (Å²) in [7, 11) is 2.12. The number of hydrogen-bond acceptors (Lipinski definition) is 2. The smallest absolute Gasteiger partial charge is 0.126 e. The first-order chi connectivity index (χ1) is 10.0. The van der Waals surface area contributed by atoms with E-state index in [1.54, 1.807) is 0 Å². The SMILES string of the molecule is CNC1CC(C)CCC1C(C)(C)c1cccc2c1OCC2. The highest BCUT2D eigenvalue weighted by Gasteiger charge is 2.41. The Morgan fingerprint density at radius 3 is 2.81 bits per heavy atom. The van der Waals surface area contributed by atoms with Crippen molar-refractivity contribution in [1.29, 1.82) is 0 Å². The molecule has 0 radical (unpaired) electrons. The van der Waals surface area contributed by atoms with Crippen LogP contribution in [0.1, 0.15) is 51.2 Å². The van der Waals surface area contributed by atoms with Gasteiger partial charge in [-0.3, -0.25) is 0 Å². The Balaban J connectivity index is 1.94. The molecule has 1 fully saturated rings.